The fourth-order valence-electron chi connectivity index (χ4n) is 2.21. The lowest BCUT2D eigenvalue weighted by atomic mass is 10.0. The normalized spacial score (nSPS) is 12.5. The summed E-state index contributed by atoms with van der Waals surface area (Å²) in [6, 6.07) is 11.3. The van der Waals surface area contributed by atoms with Crippen LogP contribution in [0.4, 0.5) is 0 Å². The van der Waals surface area contributed by atoms with Gasteiger partial charge in [-0.2, -0.15) is 0 Å². The number of nitrogens with one attached hydrogen (secondary N) is 1. The largest absolute Gasteiger partial charge is 0.480 e. The Balaban J connectivity index is 1.99. The molecule has 2 aromatic rings. The van der Waals surface area contributed by atoms with Gasteiger partial charge >= 0.3 is 5.97 Å². The third kappa shape index (κ3) is 4.83. The van der Waals surface area contributed by atoms with Crippen LogP contribution < -0.4 is 5.32 Å². The molecule has 118 valence electrons. The van der Waals surface area contributed by atoms with Crippen LogP contribution in [0.15, 0.2) is 36.4 Å². The summed E-state index contributed by atoms with van der Waals surface area (Å²) in [7, 11) is 0. The van der Waals surface area contributed by atoms with Gasteiger partial charge in [0.1, 0.15) is 6.04 Å². The van der Waals surface area contributed by atoms with Crippen LogP contribution >= 0.6 is 22.9 Å². The molecule has 0 amide bonds. The van der Waals surface area contributed by atoms with Crippen molar-refractivity contribution in [2.45, 2.75) is 32.9 Å². The fourth-order valence-corrected chi connectivity index (χ4v) is 3.30. The van der Waals surface area contributed by atoms with Gasteiger partial charge in [-0.1, -0.05) is 37.6 Å². The minimum absolute atomic E-state index is 0.349. The monoisotopic (exact) mass is 337 g/mol. The van der Waals surface area contributed by atoms with E-state index in [9.17, 15) is 9.90 Å². The number of halogens is 1. The number of thiophene rings is 1. The Kier molecular flexibility index (Phi) is 6.00. The molecular weight excluding hydrogens is 318 g/mol. The molecule has 1 heterocycles. The number of rotatable bonds is 7. The number of carboxylic acid groups (broad SMARTS) is 1. The van der Waals surface area contributed by atoms with E-state index in [-0.39, 0.29) is 0 Å². The van der Waals surface area contributed by atoms with Gasteiger partial charge in [0.25, 0.3) is 0 Å². The summed E-state index contributed by atoms with van der Waals surface area (Å²) < 4.78 is 0. The predicted molar refractivity (Wildman–Crippen MR) is 92.5 cm³/mol. The average Bonchev–Trinajstić information content (AvgIpc) is 2.92. The van der Waals surface area contributed by atoms with Crippen LogP contribution in [0.2, 0.25) is 5.02 Å². The number of carbonyl (C=O) groups is 1. The molecule has 0 saturated heterocycles. The molecule has 0 bridgehead atoms. The third-order valence-corrected chi connectivity index (χ3v) is 4.70. The van der Waals surface area contributed by atoms with Crippen molar-refractivity contribution in [1.82, 2.24) is 5.32 Å². The summed E-state index contributed by atoms with van der Waals surface area (Å²) in [4.78, 5) is 13.5. The second-order valence-electron chi connectivity index (χ2n) is 5.67. The van der Waals surface area contributed by atoms with Gasteiger partial charge in [-0.05, 0) is 42.2 Å². The molecule has 1 atom stereocenters. The number of aliphatic carboxylic acids is 1. The van der Waals surface area contributed by atoms with E-state index in [4.69, 9.17) is 11.6 Å². The zero-order chi connectivity index (χ0) is 16.1. The molecule has 0 aliphatic heterocycles. The van der Waals surface area contributed by atoms with Gasteiger partial charge in [0, 0.05) is 21.3 Å². The first-order valence-corrected chi connectivity index (χ1v) is 8.46. The summed E-state index contributed by atoms with van der Waals surface area (Å²) in [6.45, 7) is 4.63. The fraction of sp³-hybridized carbons (Fsp3) is 0.353. The highest BCUT2D eigenvalue weighted by Crippen LogP contribution is 2.29. The smallest absolute Gasteiger partial charge is 0.320 e. The van der Waals surface area contributed by atoms with Crippen molar-refractivity contribution in [3.63, 3.8) is 0 Å². The Labute approximate surface area is 139 Å². The van der Waals surface area contributed by atoms with E-state index in [2.05, 4.69) is 11.4 Å². The lowest BCUT2D eigenvalue weighted by Crippen LogP contribution is -2.37. The maximum Gasteiger partial charge on any atom is 0.320 e. The molecule has 0 unspecified atom stereocenters. The summed E-state index contributed by atoms with van der Waals surface area (Å²) in [6.07, 6.45) is 0.630. The quantitative estimate of drug-likeness (QED) is 0.772. The maximum atomic E-state index is 11.2. The number of hydrogen-bond donors (Lipinski definition) is 2. The molecule has 1 aromatic heterocycles. The average molecular weight is 338 g/mol. The zero-order valence-electron chi connectivity index (χ0n) is 12.7. The first-order chi connectivity index (χ1) is 10.5. The Bertz CT molecular complexity index is 622. The van der Waals surface area contributed by atoms with Crippen molar-refractivity contribution < 1.29 is 9.90 Å². The van der Waals surface area contributed by atoms with E-state index >= 15 is 0 Å². The van der Waals surface area contributed by atoms with Crippen LogP contribution in [-0.4, -0.2) is 17.1 Å². The molecule has 0 spiro atoms. The molecule has 0 aliphatic rings. The summed E-state index contributed by atoms with van der Waals surface area (Å²) in [5.41, 5.74) is 1.12. The molecule has 0 fully saturated rings. The van der Waals surface area contributed by atoms with E-state index in [0.717, 1.165) is 20.3 Å². The van der Waals surface area contributed by atoms with Crippen molar-refractivity contribution in [3.8, 4) is 10.4 Å². The standard InChI is InChI=1S/C17H20ClNO2S/c1-11(2)9-15(17(20)21)19-10-14-7-8-16(22-14)12-3-5-13(18)6-4-12/h3-8,11,15,19H,9-10H2,1-2H3,(H,20,21)/t15-/m0/s1. The van der Waals surface area contributed by atoms with E-state index in [0.29, 0.717) is 18.9 Å². The second kappa shape index (κ2) is 7.77. The Morgan fingerprint density at radius 2 is 1.91 bits per heavy atom. The van der Waals surface area contributed by atoms with Crippen LogP contribution in [0.25, 0.3) is 10.4 Å². The van der Waals surface area contributed by atoms with Crippen molar-refractivity contribution in [3.05, 3.63) is 46.3 Å². The van der Waals surface area contributed by atoms with Crippen molar-refractivity contribution in [2.75, 3.05) is 0 Å². The number of carboxylic acids is 1. The third-order valence-electron chi connectivity index (χ3n) is 3.32. The highest BCUT2D eigenvalue weighted by molar-refractivity contribution is 7.15. The first-order valence-electron chi connectivity index (χ1n) is 7.26. The molecule has 2 N–H and O–H groups in total. The van der Waals surface area contributed by atoms with Gasteiger partial charge in [0.05, 0.1) is 0 Å². The lowest BCUT2D eigenvalue weighted by Gasteiger charge is -2.15. The van der Waals surface area contributed by atoms with E-state index in [1.165, 1.54) is 0 Å². The Morgan fingerprint density at radius 3 is 2.50 bits per heavy atom. The van der Waals surface area contributed by atoms with Gasteiger partial charge in [0.2, 0.25) is 0 Å². The maximum absolute atomic E-state index is 11.2. The second-order valence-corrected chi connectivity index (χ2v) is 7.28. The van der Waals surface area contributed by atoms with Crippen LogP contribution in [0.3, 0.4) is 0 Å². The van der Waals surface area contributed by atoms with Crippen LogP contribution in [-0.2, 0) is 11.3 Å². The number of benzene rings is 1. The van der Waals surface area contributed by atoms with Gasteiger partial charge in [-0.15, -0.1) is 11.3 Å². The van der Waals surface area contributed by atoms with Crippen molar-refractivity contribution in [1.29, 1.82) is 0 Å². The van der Waals surface area contributed by atoms with Crippen molar-refractivity contribution >= 4 is 28.9 Å². The van der Waals surface area contributed by atoms with Gasteiger partial charge < -0.3 is 5.11 Å². The van der Waals surface area contributed by atoms with Crippen LogP contribution in [0.5, 0.6) is 0 Å². The van der Waals surface area contributed by atoms with Crippen LogP contribution in [0, 0.1) is 5.92 Å². The molecule has 22 heavy (non-hydrogen) atoms. The lowest BCUT2D eigenvalue weighted by molar-refractivity contribution is -0.140. The highest BCUT2D eigenvalue weighted by Gasteiger charge is 2.18. The molecular formula is C17H20ClNO2S. The number of hydrogen-bond acceptors (Lipinski definition) is 3. The molecule has 2 rings (SSSR count). The minimum Gasteiger partial charge on any atom is -0.480 e. The summed E-state index contributed by atoms with van der Waals surface area (Å²) >= 11 is 7.56. The predicted octanol–water partition coefficient (Wildman–Crippen LogP) is 4.66. The SMILES string of the molecule is CC(C)C[C@H](NCc1ccc(-c2ccc(Cl)cc2)s1)C(=O)O. The molecule has 3 nitrogen and oxygen atoms in total. The molecule has 0 aliphatic carbocycles. The zero-order valence-corrected chi connectivity index (χ0v) is 14.2. The Hall–Kier alpha value is -1.36. The van der Waals surface area contributed by atoms with E-state index in [1.807, 2.05) is 44.2 Å². The van der Waals surface area contributed by atoms with E-state index < -0.39 is 12.0 Å². The molecule has 0 saturated carbocycles. The Morgan fingerprint density at radius 1 is 1.23 bits per heavy atom. The first kappa shape index (κ1) is 17.0. The van der Waals surface area contributed by atoms with E-state index in [1.54, 1.807) is 11.3 Å². The van der Waals surface area contributed by atoms with Crippen molar-refractivity contribution in [2.24, 2.45) is 5.92 Å². The van der Waals surface area contributed by atoms with Gasteiger partial charge in [-0.25, -0.2) is 0 Å². The van der Waals surface area contributed by atoms with Crippen LogP contribution in [0.1, 0.15) is 25.1 Å². The molecule has 1 aromatic carbocycles. The molecule has 5 heteroatoms. The molecule has 0 radical (unpaired) electrons. The summed E-state index contributed by atoms with van der Waals surface area (Å²) in [5, 5.41) is 13.1. The van der Waals surface area contributed by atoms with Gasteiger partial charge in [0.15, 0.2) is 0 Å². The highest BCUT2D eigenvalue weighted by atomic mass is 35.5. The minimum atomic E-state index is -0.789. The van der Waals surface area contributed by atoms with Gasteiger partial charge in [-0.3, -0.25) is 10.1 Å². The summed E-state index contributed by atoms with van der Waals surface area (Å²) in [5.74, 6) is -0.440. The topological polar surface area (TPSA) is 49.3 Å².